The van der Waals surface area contributed by atoms with Crippen LogP contribution in [0.5, 0.6) is 5.75 Å². The molecule has 0 spiro atoms. The lowest BCUT2D eigenvalue weighted by molar-refractivity contribution is 0.0599. The lowest BCUT2D eigenvalue weighted by Crippen LogP contribution is -2.05. The van der Waals surface area contributed by atoms with Crippen molar-refractivity contribution in [1.29, 1.82) is 0 Å². The van der Waals surface area contributed by atoms with Crippen LogP contribution in [0.3, 0.4) is 0 Å². The van der Waals surface area contributed by atoms with Gasteiger partial charge >= 0.3 is 5.97 Å². The van der Waals surface area contributed by atoms with E-state index in [0.29, 0.717) is 5.82 Å². The lowest BCUT2D eigenvalue weighted by atomic mass is 10.1. The number of esters is 1. The average Bonchev–Trinajstić information content (AvgIpc) is 2.85. The summed E-state index contributed by atoms with van der Waals surface area (Å²) in [6, 6.07) is 2.51. The van der Waals surface area contributed by atoms with E-state index < -0.39 is 11.8 Å². The van der Waals surface area contributed by atoms with Crippen LogP contribution in [-0.2, 0) is 11.3 Å². The third-order valence-electron chi connectivity index (χ3n) is 2.64. The van der Waals surface area contributed by atoms with E-state index in [1.54, 1.807) is 13.8 Å². The van der Waals surface area contributed by atoms with Gasteiger partial charge in [-0.15, -0.1) is 0 Å². The zero-order valence-corrected chi connectivity index (χ0v) is 11.3. The smallest absolute Gasteiger partial charge is 0.338 e. The summed E-state index contributed by atoms with van der Waals surface area (Å²) in [4.78, 5) is 15.4. The molecule has 0 aliphatic rings. The Balaban J connectivity index is 2.21. The van der Waals surface area contributed by atoms with Crippen LogP contribution < -0.4 is 4.74 Å². The molecule has 2 rings (SSSR count). The van der Waals surface area contributed by atoms with Crippen LogP contribution >= 0.6 is 0 Å². The van der Waals surface area contributed by atoms with Crippen molar-refractivity contribution in [2.24, 2.45) is 0 Å². The van der Waals surface area contributed by atoms with Gasteiger partial charge in [-0.05, 0) is 26.0 Å². The number of benzene rings is 1. The molecule has 0 bridgehead atoms. The molecule has 0 radical (unpaired) electrons. The van der Waals surface area contributed by atoms with E-state index in [0.717, 1.165) is 6.07 Å². The molecule has 0 saturated heterocycles. The number of aromatic nitrogens is 2. The van der Waals surface area contributed by atoms with Gasteiger partial charge in [-0.3, -0.25) is 0 Å². The molecule has 0 saturated carbocycles. The van der Waals surface area contributed by atoms with Gasteiger partial charge in [-0.1, -0.05) is 5.16 Å². The van der Waals surface area contributed by atoms with Crippen LogP contribution in [-0.4, -0.2) is 23.2 Å². The van der Waals surface area contributed by atoms with E-state index in [1.807, 2.05) is 0 Å². The van der Waals surface area contributed by atoms with Crippen molar-refractivity contribution in [1.82, 2.24) is 10.1 Å². The van der Waals surface area contributed by atoms with Crippen molar-refractivity contribution >= 4 is 5.97 Å². The number of methoxy groups -OCH3 is 1. The Hall–Kier alpha value is -2.44. The monoisotopic (exact) mass is 280 g/mol. The van der Waals surface area contributed by atoms with Crippen LogP contribution in [0, 0.1) is 19.7 Å². The van der Waals surface area contributed by atoms with E-state index in [2.05, 4.69) is 14.9 Å². The zero-order chi connectivity index (χ0) is 14.7. The molecule has 106 valence electrons. The molecule has 1 heterocycles. The number of aryl methyl sites for hydroxylation is 1. The number of hydrogen-bond acceptors (Lipinski definition) is 6. The van der Waals surface area contributed by atoms with E-state index in [4.69, 9.17) is 9.26 Å². The van der Waals surface area contributed by atoms with Crippen LogP contribution in [0.2, 0.25) is 0 Å². The fourth-order valence-corrected chi connectivity index (χ4v) is 1.58. The maximum absolute atomic E-state index is 13.7. The first-order valence-corrected chi connectivity index (χ1v) is 5.81. The molecule has 20 heavy (non-hydrogen) atoms. The van der Waals surface area contributed by atoms with Crippen molar-refractivity contribution < 1.29 is 23.2 Å². The number of carbonyl (C=O) groups excluding carboxylic acids is 1. The number of ether oxygens (including phenoxy) is 2. The van der Waals surface area contributed by atoms with Gasteiger partial charge in [0, 0.05) is 5.56 Å². The largest absolute Gasteiger partial charge is 0.483 e. The van der Waals surface area contributed by atoms with Crippen molar-refractivity contribution in [2.45, 2.75) is 20.5 Å². The molecule has 6 nitrogen and oxygen atoms in total. The Morgan fingerprint density at radius 1 is 1.40 bits per heavy atom. The first kappa shape index (κ1) is 14.0. The number of carbonyl (C=O) groups is 1. The lowest BCUT2D eigenvalue weighted by Gasteiger charge is -2.09. The molecule has 0 N–H and O–H groups in total. The Kier molecular flexibility index (Phi) is 3.97. The standard InChI is InChI=1S/C13H13FN2O4/c1-7-10(14)4-9(13(17)18-3)5-11(7)19-6-12-15-8(2)16-20-12/h4-5H,6H2,1-3H3. The maximum Gasteiger partial charge on any atom is 0.338 e. The van der Waals surface area contributed by atoms with Gasteiger partial charge in [0.25, 0.3) is 5.89 Å². The minimum Gasteiger partial charge on any atom is -0.483 e. The van der Waals surface area contributed by atoms with Gasteiger partial charge in [0.1, 0.15) is 11.6 Å². The summed E-state index contributed by atoms with van der Waals surface area (Å²) in [5.41, 5.74) is 0.362. The van der Waals surface area contributed by atoms with E-state index in [9.17, 15) is 9.18 Å². The SMILES string of the molecule is COC(=O)c1cc(F)c(C)c(OCc2nc(C)no2)c1. The van der Waals surface area contributed by atoms with Crippen molar-refractivity contribution in [3.8, 4) is 5.75 Å². The Labute approximate surface area is 114 Å². The molecular formula is C13H13FN2O4. The van der Waals surface area contributed by atoms with Crippen molar-refractivity contribution in [3.05, 3.63) is 40.8 Å². The molecule has 0 amide bonds. The average molecular weight is 280 g/mol. The van der Waals surface area contributed by atoms with Crippen LogP contribution in [0.15, 0.2) is 16.7 Å². The zero-order valence-electron chi connectivity index (χ0n) is 11.3. The molecular weight excluding hydrogens is 267 g/mol. The van der Waals surface area contributed by atoms with Gasteiger partial charge in [-0.2, -0.15) is 4.98 Å². The molecule has 0 fully saturated rings. The number of nitrogens with zero attached hydrogens (tertiary/aromatic N) is 2. The predicted molar refractivity (Wildman–Crippen MR) is 65.8 cm³/mol. The van der Waals surface area contributed by atoms with Crippen LogP contribution in [0.4, 0.5) is 4.39 Å². The number of rotatable bonds is 4. The summed E-state index contributed by atoms with van der Waals surface area (Å²) < 4.78 is 28.6. The third kappa shape index (κ3) is 2.93. The predicted octanol–water partition coefficient (Wildman–Crippen LogP) is 2.19. The summed E-state index contributed by atoms with van der Waals surface area (Å²) in [7, 11) is 1.22. The van der Waals surface area contributed by atoms with E-state index >= 15 is 0 Å². The third-order valence-corrected chi connectivity index (χ3v) is 2.64. The fourth-order valence-electron chi connectivity index (χ4n) is 1.58. The highest BCUT2D eigenvalue weighted by atomic mass is 19.1. The fraction of sp³-hybridized carbons (Fsp3) is 0.308. The summed E-state index contributed by atoms with van der Waals surface area (Å²) in [5.74, 6) is -0.214. The molecule has 7 heteroatoms. The number of halogens is 1. The molecule has 2 aromatic rings. The second kappa shape index (κ2) is 5.68. The van der Waals surface area contributed by atoms with Crippen LogP contribution in [0.1, 0.15) is 27.6 Å². The highest BCUT2D eigenvalue weighted by Crippen LogP contribution is 2.24. The highest BCUT2D eigenvalue weighted by molar-refractivity contribution is 5.90. The molecule has 0 atom stereocenters. The Morgan fingerprint density at radius 3 is 2.75 bits per heavy atom. The van der Waals surface area contributed by atoms with Crippen LogP contribution in [0.25, 0.3) is 0 Å². The Bertz CT molecular complexity index is 639. The highest BCUT2D eigenvalue weighted by Gasteiger charge is 2.14. The van der Waals surface area contributed by atoms with Gasteiger partial charge in [0.2, 0.25) is 0 Å². The molecule has 1 aromatic carbocycles. The van der Waals surface area contributed by atoms with Gasteiger partial charge in [-0.25, -0.2) is 9.18 Å². The summed E-state index contributed by atoms with van der Waals surface area (Å²) >= 11 is 0. The first-order chi connectivity index (χ1) is 9.51. The Morgan fingerprint density at radius 2 is 2.15 bits per heavy atom. The summed E-state index contributed by atoms with van der Waals surface area (Å²) in [6.07, 6.45) is 0. The molecule has 0 aliphatic carbocycles. The summed E-state index contributed by atoms with van der Waals surface area (Å²) in [5, 5.41) is 3.61. The second-order valence-electron chi connectivity index (χ2n) is 4.10. The minimum absolute atomic E-state index is 0.00819. The van der Waals surface area contributed by atoms with E-state index in [-0.39, 0.29) is 29.4 Å². The van der Waals surface area contributed by atoms with Crippen molar-refractivity contribution in [2.75, 3.05) is 7.11 Å². The summed E-state index contributed by atoms with van der Waals surface area (Å²) in [6.45, 7) is 3.21. The molecule has 1 aromatic heterocycles. The molecule has 0 unspecified atom stereocenters. The first-order valence-electron chi connectivity index (χ1n) is 5.81. The topological polar surface area (TPSA) is 74.5 Å². The van der Waals surface area contributed by atoms with Gasteiger partial charge in [0.15, 0.2) is 12.4 Å². The van der Waals surface area contributed by atoms with Gasteiger partial charge < -0.3 is 14.0 Å². The van der Waals surface area contributed by atoms with Gasteiger partial charge in [0.05, 0.1) is 12.7 Å². The minimum atomic E-state index is -0.637. The quantitative estimate of drug-likeness (QED) is 0.799. The normalized spacial score (nSPS) is 10.4. The molecule has 0 aliphatic heterocycles. The maximum atomic E-state index is 13.7. The van der Waals surface area contributed by atoms with E-state index in [1.165, 1.54) is 13.2 Å². The number of hydrogen-bond donors (Lipinski definition) is 0. The second-order valence-corrected chi connectivity index (χ2v) is 4.10. The van der Waals surface area contributed by atoms with Crippen molar-refractivity contribution in [3.63, 3.8) is 0 Å².